The molecular formula is C19H22N4O. The Labute approximate surface area is 142 Å². The summed E-state index contributed by atoms with van der Waals surface area (Å²) in [5, 5.41) is 22.0. The van der Waals surface area contributed by atoms with Crippen LogP contribution in [0.5, 0.6) is 0 Å². The van der Waals surface area contributed by atoms with E-state index in [2.05, 4.69) is 33.4 Å². The van der Waals surface area contributed by atoms with Crippen LogP contribution in [0.1, 0.15) is 29.5 Å². The Bertz CT molecular complexity index is 725. The van der Waals surface area contributed by atoms with Gasteiger partial charge in [-0.25, -0.2) is 0 Å². The topological polar surface area (TPSA) is 72.2 Å². The summed E-state index contributed by atoms with van der Waals surface area (Å²) in [4.78, 5) is 6.43. The maximum absolute atomic E-state index is 9.50. The summed E-state index contributed by atoms with van der Waals surface area (Å²) in [7, 11) is 0. The molecule has 0 bridgehead atoms. The molecule has 124 valence electrons. The largest absolute Gasteiger partial charge is 0.395 e. The minimum absolute atomic E-state index is 0.224. The predicted molar refractivity (Wildman–Crippen MR) is 93.2 cm³/mol. The molecule has 5 heteroatoms. The summed E-state index contributed by atoms with van der Waals surface area (Å²) in [6, 6.07) is 12.5. The number of pyridine rings is 1. The van der Waals surface area contributed by atoms with Gasteiger partial charge in [-0.1, -0.05) is 24.3 Å². The molecular weight excluding hydrogens is 300 g/mol. The van der Waals surface area contributed by atoms with Gasteiger partial charge in [0.15, 0.2) is 0 Å². The molecule has 1 fully saturated rings. The van der Waals surface area contributed by atoms with Crippen LogP contribution in [-0.2, 0) is 13.1 Å². The van der Waals surface area contributed by atoms with Gasteiger partial charge in [0.05, 0.1) is 24.1 Å². The second kappa shape index (κ2) is 7.91. The number of hydrogen-bond donors (Lipinski definition) is 2. The zero-order valence-electron chi connectivity index (χ0n) is 13.7. The Morgan fingerprint density at radius 2 is 2.12 bits per heavy atom. The van der Waals surface area contributed by atoms with Gasteiger partial charge in [-0.05, 0) is 36.6 Å². The quantitative estimate of drug-likeness (QED) is 0.855. The maximum Gasteiger partial charge on any atom is 0.101 e. The van der Waals surface area contributed by atoms with E-state index in [0.717, 1.165) is 31.6 Å². The van der Waals surface area contributed by atoms with Crippen molar-refractivity contribution in [3.63, 3.8) is 0 Å². The van der Waals surface area contributed by atoms with E-state index >= 15 is 0 Å². The van der Waals surface area contributed by atoms with Gasteiger partial charge in [0.25, 0.3) is 0 Å². The highest BCUT2D eigenvalue weighted by Gasteiger charge is 2.24. The number of anilines is 1. The molecule has 2 aromatic rings. The third-order valence-corrected chi connectivity index (χ3v) is 4.61. The molecule has 0 amide bonds. The first-order valence-corrected chi connectivity index (χ1v) is 8.31. The Kier molecular flexibility index (Phi) is 5.42. The van der Waals surface area contributed by atoms with Crippen LogP contribution in [0.25, 0.3) is 0 Å². The normalized spacial score (nSPS) is 17.6. The number of aliphatic hydroxyl groups excluding tert-OH is 1. The van der Waals surface area contributed by atoms with Crippen molar-refractivity contribution in [1.29, 1.82) is 5.26 Å². The third kappa shape index (κ3) is 3.73. The van der Waals surface area contributed by atoms with Crippen LogP contribution >= 0.6 is 0 Å². The fourth-order valence-electron chi connectivity index (χ4n) is 3.24. The fraction of sp³-hybridized carbons (Fsp3) is 0.368. The highest BCUT2D eigenvalue weighted by molar-refractivity contribution is 5.55. The monoisotopic (exact) mass is 322 g/mol. The lowest BCUT2D eigenvalue weighted by Crippen LogP contribution is -2.32. The SMILES string of the molecule is N#Cc1ccncc1NCc1ccccc1CN1CCCC1CO. The van der Waals surface area contributed by atoms with Crippen molar-refractivity contribution in [3.8, 4) is 6.07 Å². The van der Waals surface area contributed by atoms with Crippen LogP contribution < -0.4 is 5.32 Å². The lowest BCUT2D eigenvalue weighted by molar-refractivity contribution is 0.153. The number of rotatable bonds is 6. The predicted octanol–water partition coefficient (Wildman–Crippen LogP) is 2.52. The van der Waals surface area contributed by atoms with Crippen molar-refractivity contribution in [2.45, 2.75) is 32.0 Å². The molecule has 0 saturated carbocycles. The van der Waals surface area contributed by atoms with Crippen molar-refractivity contribution in [2.24, 2.45) is 0 Å². The van der Waals surface area contributed by atoms with Crippen molar-refractivity contribution < 1.29 is 5.11 Å². The van der Waals surface area contributed by atoms with Crippen molar-refractivity contribution in [2.75, 3.05) is 18.5 Å². The van der Waals surface area contributed by atoms with Crippen LogP contribution in [-0.4, -0.2) is 34.2 Å². The van der Waals surface area contributed by atoms with Crippen LogP contribution in [0, 0.1) is 11.3 Å². The Morgan fingerprint density at radius 1 is 1.29 bits per heavy atom. The highest BCUT2D eigenvalue weighted by atomic mass is 16.3. The smallest absolute Gasteiger partial charge is 0.101 e. The number of likely N-dealkylation sites (tertiary alicyclic amines) is 1. The second-order valence-corrected chi connectivity index (χ2v) is 6.10. The molecule has 2 N–H and O–H groups in total. The molecule has 5 nitrogen and oxygen atoms in total. The Morgan fingerprint density at radius 3 is 2.92 bits per heavy atom. The summed E-state index contributed by atoms with van der Waals surface area (Å²) >= 11 is 0. The molecule has 1 aliphatic heterocycles. The van der Waals surface area contributed by atoms with E-state index in [4.69, 9.17) is 5.26 Å². The van der Waals surface area contributed by atoms with E-state index < -0.39 is 0 Å². The summed E-state index contributed by atoms with van der Waals surface area (Å²) in [5.74, 6) is 0. The van der Waals surface area contributed by atoms with Crippen LogP contribution in [0.2, 0.25) is 0 Å². The summed E-state index contributed by atoms with van der Waals surface area (Å²) < 4.78 is 0. The zero-order chi connectivity index (χ0) is 16.8. The molecule has 0 radical (unpaired) electrons. The first-order chi connectivity index (χ1) is 11.8. The van der Waals surface area contributed by atoms with Crippen molar-refractivity contribution >= 4 is 5.69 Å². The average molecular weight is 322 g/mol. The number of aromatic nitrogens is 1. The molecule has 1 unspecified atom stereocenters. The number of nitriles is 1. The van der Waals surface area contributed by atoms with Crippen molar-refractivity contribution in [3.05, 3.63) is 59.4 Å². The van der Waals surface area contributed by atoms with Gasteiger partial charge in [-0.15, -0.1) is 0 Å². The van der Waals surface area contributed by atoms with E-state index in [1.165, 1.54) is 11.1 Å². The molecule has 2 heterocycles. The van der Waals surface area contributed by atoms with Crippen LogP contribution in [0.15, 0.2) is 42.7 Å². The van der Waals surface area contributed by atoms with Gasteiger partial charge in [0.1, 0.15) is 6.07 Å². The molecule has 1 aliphatic rings. The van der Waals surface area contributed by atoms with Crippen LogP contribution in [0.4, 0.5) is 5.69 Å². The van der Waals surface area contributed by atoms with Crippen molar-refractivity contribution in [1.82, 2.24) is 9.88 Å². The van der Waals surface area contributed by atoms with Gasteiger partial charge in [-0.2, -0.15) is 5.26 Å². The minimum atomic E-state index is 0.224. The number of nitrogens with zero attached hydrogens (tertiary/aromatic N) is 3. The van der Waals surface area contributed by atoms with Gasteiger partial charge in [0.2, 0.25) is 0 Å². The summed E-state index contributed by atoms with van der Waals surface area (Å²) in [5.41, 5.74) is 3.81. The molecule has 1 atom stereocenters. The first kappa shape index (κ1) is 16.4. The van der Waals surface area contributed by atoms with Gasteiger partial charge in [0, 0.05) is 25.3 Å². The maximum atomic E-state index is 9.50. The van der Waals surface area contributed by atoms with E-state index in [1.54, 1.807) is 18.5 Å². The van der Waals surface area contributed by atoms with Gasteiger partial charge < -0.3 is 10.4 Å². The number of benzene rings is 1. The van der Waals surface area contributed by atoms with E-state index in [9.17, 15) is 5.11 Å². The molecule has 1 aromatic heterocycles. The summed E-state index contributed by atoms with van der Waals surface area (Å²) in [6.07, 6.45) is 5.52. The minimum Gasteiger partial charge on any atom is -0.395 e. The number of nitrogens with one attached hydrogen (secondary N) is 1. The standard InChI is InChI=1S/C19H22N4O/c20-10-15-7-8-21-12-19(15)22-11-16-4-1-2-5-17(16)13-23-9-3-6-18(23)14-24/h1-2,4-5,7-8,12,18,22,24H,3,6,9,11,13-14H2. The fourth-order valence-corrected chi connectivity index (χ4v) is 3.24. The van der Waals surface area contributed by atoms with E-state index in [-0.39, 0.29) is 12.6 Å². The second-order valence-electron chi connectivity index (χ2n) is 6.10. The third-order valence-electron chi connectivity index (χ3n) is 4.61. The Balaban J connectivity index is 1.71. The highest BCUT2D eigenvalue weighted by Crippen LogP contribution is 2.22. The molecule has 1 aromatic carbocycles. The molecule has 0 spiro atoms. The number of hydrogen-bond acceptors (Lipinski definition) is 5. The lowest BCUT2D eigenvalue weighted by Gasteiger charge is -2.24. The van der Waals surface area contributed by atoms with Crippen LogP contribution in [0.3, 0.4) is 0 Å². The zero-order valence-corrected chi connectivity index (χ0v) is 13.7. The van der Waals surface area contributed by atoms with Gasteiger partial charge >= 0.3 is 0 Å². The van der Waals surface area contributed by atoms with E-state index in [0.29, 0.717) is 12.1 Å². The van der Waals surface area contributed by atoms with Gasteiger partial charge in [-0.3, -0.25) is 9.88 Å². The summed E-state index contributed by atoms with van der Waals surface area (Å²) in [6.45, 7) is 2.76. The lowest BCUT2D eigenvalue weighted by atomic mass is 10.1. The molecule has 1 saturated heterocycles. The average Bonchev–Trinajstić information content (AvgIpc) is 3.08. The number of aliphatic hydroxyl groups is 1. The Hall–Kier alpha value is -2.42. The first-order valence-electron chi connectivity index (χ1n) is 8.31. The molecule has 0 aliphatic carbocycles. The molecule has 24 heavy (non-hydrogen) atoms. The molecule has 3 rings (SSSR count). The van der Waals surface area contributed by atoms with E-state index in [1.807, 2.05) is 12.1 Å².